The molecule has 1 unspecified atom stereocenters. The molecule has 4 bridgehead atoms. The molecule has 1 aromatic heterocycles. The van der Waals surface area contributed by atoms with E-state index in [0.717, 1.165) is 12.8 Å². The fourth-order valence-electron chi connectivity index (χ4n) is 4.56. The van der Waals surface area contributed by atoms with Gasteiger partial charge in [-0.3, -0.25) is 4.79 Å². The second-order valence-electron chi connectivity index (χ2n) is 6.01. The number of nitrogens with zero attached hydrogens (tertiary/aromatic N) is 1. The van der Waals surface area contributed by atoms with E-state index in [2.05, 4.69) is 11.4 Å². The molecule has 4 heterocycles. The van der Waals surface area contributed by atoms with Crippen molar-refractivity contribution in [3.05, 3.63) is 27.1 Å². The summed E-state index contributed by atoms with van der Waals surface area (Å²) in [5.41, 5.74) is 1.17. The first-order chi connectivity index (χ1) is 9.15. The van der Waals surface area contributed by atoms with Crippen LogP contribution in [0, 0.1) is 11.1 Å². The third-order valence-corrected chi connectivity index (χ3v) is 6.41. The Morgan fingerprint density at radius 1 is 1.53 bits per heavy atom. The first kappa shape index (κ1) is 11.9. The SMILES string of the molecule is COC(=O)[C@H]1C[C@H]2CC[C@@H]3[C@H]1c1sccc1C[N+]23[O-]. The van der Waals surface area contributed by atoms with Gasteiger partial charge in [-0.2, -0.15) is 0 Å². The highest BCUT2D eigenvalue weighted by atomic mass is 32.1. The van der Waals surface area contributed by atoms with Crippen LogP contribution in [0.1, 0.15) is 35.6 Å². The number of thiophene rings is 1. The number of ether oxygens (including phenoxy) is 1. The van der Waals surface area contributed by atoms with Gasteiger partial charge in [0, 0.05) is 29.7 Å². The van der Waals surface area contributed by atoms with Crippen LogP contribution < -0.4 is 0 Å². The number of methoxy groups -OCH3 is 1. The molecule has 0 saturated carbocycles. The minimum atomic E-state index is -0.130. The lowest BCUT2D eigenvalue weighted by Crippen LogP contribution is -2.61. The van der Waals surface area contributed by atoms with Gasteiger partial charge in [-0.15, -0.1) is 11.3 Å². The second-order valence-corrected chi connectivity index (χ2v) is 6.96. The number of piperidine rings is 1. The number of rotatable bonds is 1. The maximum absolute atomic E-state index is 13.2. The van der Waals surface area contributed by atoms with Crippen molar-refractivity contribution in [3.8, 4) is 0 Å². The van der Waals surface area contributed by atoms with Crippen molar-refractivity contribution >= 4 is 17.3 Å². The smallest absolute Gasteiger partial charge is 0.309 e. The molecule has 0 amide bonds. The van der Waals surface area contributed by atoms with Gasteiger partial charge in [-0.25, -0.2) is 0 Å². The number of fused-ring (bicyclic) bond motifs is 2. The van der Waals surface area contributed by atoms with Crippen molar-refractivity contribution in [2.45, 2.75) is 43.8 Å². The molecule has 3 aliphatic rings. The fourth-order valence-corrected chi connectivity index (χ4v) is 5.70. The Kier molecular flexibility index (Phi) is 2.38. The van der Waals surface area contributed by atoms with Crippen LogP contribution in [0.3, 0.4) is 0 Å². The zero-order chi connectivity index (χ0) is 13.2. The standard InChI is InChI=1S/C14H17NO3S/c1-18-14(16)10-6-9-2-3-11-12(10)13-8(4-5-19-13)7-15(9,11)17/h4-5,9-12H,2-3,6-7H2,1H3/t9-,10+,11-,12+,15?/m1/s1. The highest BCUT2D eigenvalue weighted by Crippen LogP contribution is 2.57. The third-order valence-electron chi connectivity index (χ3n) is 5.35. The first-order valence-corrected chi connectivity index (χ1v) is 7.75. The van der Waals surface area contributed by atoms with Gasteiger partial charge in [-0.05, 0) is 11.4 Å². The van der Waals surface area contributed by atoms with E-state index in [4.69, 9.17) is 4.74 Å². The van der Waals surface area contributed by atoms with Gasteiger partial charge in [0.1, 0.15) is 6.54 Å². The van der Waals surface area contributed by atoms with Crippen molar-refractivity contribution < 1.29 is 14.2 Å². The lowest BCUT2D eigenvalue weighted by molar-refractivity contribution is -0.938. The highest BCUT2D eigenvalue weighted by Gasteiger charge is 2.60. The molecule has 0 radical (unpaired) electrons. The first-order valence-electron chi connectivity index (χ1n) is 6.87. The van der Waals surface area contributed by atoms with Gasteiger partial charge in [0.25, 0.3) is 0 Å². The number of carbonyl (C=O) groups is 1. The molecule has 3 aliphatic heterocycles. The van der Waals surface area contributed by atoms with Crippen LogP contribution in [0.5, 0.6) is 0 Å². The van der Waals surface area contributed by atoms with Gasteiger partial charge in [0.15, 0.2) is 0 Å². The highest BCUT2D eigenvalue weighted by molar-refractivity contribution is 7.10. The van der Waals surface area contributed by atoms with Crippen LogP contribution in [0.25, 0.3) is 0 Å². The van der Waals surface area contributed by atoms with Crippen molar-refractivity contribution in [1.82, 2.24) is 0 Å². The van der Waals surface area contributed by atoms with Crippen LogP contribution in [-0.2, 0) is 16.1 Å². The van der Waals surface area contributed by atoms with Crippen molar-refractivity contribution in [1.29, 1.82) is 0 Å². The summed E-state index contributed by atoms with van der Waals surface area (Å²) in [5, 5.41) is 15.2. The van der Waals surface area contributed by atoms with E-state index in [1.165, 1.54) is 17.6 Å². The zero-order valence-electron chi connectivity index (χ0n) is 10.9. The number of esters is 1. The number of hydrogen-bond acceptors (Lipinski definition) is 4. The lowest BCUT2D eigenvalue weighted by Gasteiger charge is -2.58. The molecule has 102 valence electrons. The Morgan fingerprint density at radius 2 is 2.37 bits per heavy atom. The van der Waals surface area contributed by atoms with Gasteiger partial charge in [0.2, 0.25) is 0 Å². The monoisotopic (exact) mass is 279 g/mol. The summed E-state index contributed by atoms with van der Waals surface area (Å²) >= 11 is 1.71. The normalized spacial score (nSPS) is 42.8. The molecular weight excluding hydrogens is 262 g/mol. The van der Waals surface area contributed by atoms with Crippen molar-refractivity contribution in [2.75, 3.05) is 7.11 Å². The minimum absolute atomic E-state index is 0.0778. The van der Waals surface area contributed by atoms with E-state index in [1.807, 2.05) is 0 Å². The van der Waals surface area contributed by atoms with E-state index >= 15 is 0 Å². The van der Waals surface area contributed by atoms with Gasteiger partial charge in [0.05, 0.1) is 31.0 Å². The Morgan fingerprint density at radius 3 is 3.16 bits per heavy atom. The summed E-state index contributed by atoms with van der Waals surface area (Å²) in [4.78, 5) is 13.4. The van der Waals surface area contributed by atoms with Crippen molar-refractivity contribution in [2.24, 2.45) is 5.92 Å². The Hall–Kier alpha value is -0.910. The molecule has 0 aliphatic carbocycles. The van der Waals surface area contributed by atoms with Gasteiger partial charge < -0.3 is 14.6 Å². The van der Waals surface area contributed by atoms with Crippen LogP contribution in [0.4, 0.5) is 0 Å². The molecule has 5 heteroatoms. The fraction of sp³-hybridized carbons (Fsp3) is 0.643. The molecule has 4 rings (SSSR count). The van der Waals surface area contributed by atoms with Crippen LogP contribution in [-0.4, -0.2) is 29.8 Å². The molecule has 0 N–H and O–H groups in total. The molecule has 5 atom stereocenters. The summed E-state index contributed by atoms with van der Waals surface area (Å²) in [6.45, 7) is 0.610. The topological polar surface area (TPSA) is 49.4 Å². The molecule has 0 aromatic carbocycles. The molecule has 1 aromatic rings. The van der Waals surface area contributed by atoms with Gasteiger partial charge in [-0.1, -0.05) is 0 Å². The van der Waals surface area contributed by atoms with Crippen molar-refractivity contribution in [3.63, 3.8) is 0 Å². The summed E-state index contributed by atoms with van der Waals surface area (Å²) < 4.78 is 4.91. The Balaban J connectivity index is 1.86. The molecule has 2 saturated heterocycles. The number of hydrogen-bond donors (Lipinski definition) is 0. The van der Waals surface area contributed by atoms with E-state index in [1.54, 1.807) is 11.3 Å². The number of hydroxylamine groups is 3. The third kappa shape index (κ3) is 1.38. The average Bonchev–Trinajstić information content (AvgIpc) is 2.89. The zero-order valence-corrected chi connectivity index (χ0v) is 11.7. The van der Waals surface area contributed by atoms with Crippen LogP contribution in [0.2, 0.25) is 0 Å². The summed E-state index contributed by atoms with van der Waals surface area (Å²) in [7, 11) is 1.45. The summed E-state index contributed by atoms with van der Waals surface area (Å²) in [6, 6.07) is 2.24. The maximum atomic E-state index is 13.2. The summed E-state index contributed by atoms with van der Waals surface area (Å²) in [5.74, 6) is -0.151. The van der Waals surface area contributed by atoms with Crippen LogP contribution in [0.15, 0.2) is 11.4 Å². The molecule has 4 nitrogen and oxygen atoms in total. The largest absolute Gasteiger partial charge is 0.632 e. The van der Waals surface area contributed by atoms with E-state index in [0.29, 0.717) is 13.0 Å². The quantitative estimate of drug-likeness (QED) is 0.450. The lowest BCUT2D eigenvalue weighted by atomic mass is 9.75. The Labute approximate surface area is 116 Å². The molecule has 19 heavy (non-hydrogen) atoms. The molecular formula is C14H17NO3S. The summed E-state index contributed by atoms with van der Waals surface area (Å²) in [6.07, 6.45) is 2.63. The minimum Gasteiger partial charge on any atom is -0.632 e. The van der Waals surface area contributed by atoms with E-state index in [9.17, 15) is 10.0 Å². The predicted molar refractivity (Wildman–Crippen MR) is 71.3 cm³/mol. The van der Waals surface area contributed by atoms with E-state index < -0.39 is 0 Å². The Bertz CT molecular complexity index is 543. The maximum Gasteiger partial charge on any atom is 0.309 e. The number of quaternary nitrogens is 1. The van der Waals surface area contributed by atoms with Gasteiger partial charge >= 0.3 is 5.97 Å². The number of carbonyl (C=O) groups excluding carboxylic acids is 1. The van der Waals surface area contributed by atoms with E-state index in [-0.39, 0.29) is 34.5 Å². The van der Waals surface area contributed by atoms with Crippen LogP contribution >= 0.6 is 11.3 Å². The molecule has 2 fully saturated rings. The predicted octanol–water partition coefficient (Wildman–Crippen LogP) is 2.38. The molecule has 0 spiro atoms. The second kappa shape index (κ2) is 3.81. The average molecular weight is 279 g/mol.